The molecule has 0 saturated heterocycles. The molecule has 0 aliphatic rings. The van der Waals surface area contributed by atoms with Gasteiger partial charge in [-0.25, -0.2) is 19.5 Å². The minimum absolute atomic E-state index is 0.466. The van der Waals surface area contributed by atoms with Crippen molar-refractivity contribution < 1.29 is 0 Å². The average molecular weight is 906 g/mol. The van der Waals surface area contributed by atoms with E-state index in [-0.39, 0.29) is 0 Å². The fourth-order valence-electron chi connectivity index (χ4n) is 10.2. The van der Waals surface area contributed by atoms with Crippen LogP contribution in [0.1, 0.15) is 0 Å². The van der Waals surface area contributed by atoms with E-state index >= 15 is 0 Å². The average Bonchev–Trinajstić information content (AvgIpc) is 4.17. The molecule has 0 unspecified atom stereocenters. The first-order valence-corrected chi connectivity index (χ1v) is 24.6. The fraction of sp³-hybridized carbons (Fsp3) is 0. The summed E-state index contributed by atoms with van der Waals surface area (Å²) in [5.41, 5.74) is 10.6. The van der Waals surface area contributed by atoms with Crippen LogP contribution in [0.3, 0.4) is 0 Å². The first-order valence-electron chi connectivity index (χ1n) is 22.9. The molecule has 5 aromatic heterocycles. The van der Waals surface area contributed by atoms with Gasteiger partial charge >= 0.3 is 0 Å². The lowest BCUT2D eigenvalue weighted by Gasteiger charge is -2.42. The Kier molecular flexibility index (Phi) is 8.77. The van der Waals surface area contributed by atoms with Crippen molar-refractivity contribution in [2.45, 2.75) is 19.6 Å². The summed E-state index contributed by atoms with van der Waals surface area (Å²) < 4.78 is 8.74. The van der Waals surface area contributed by atoms with Crippen molar-refractivity contribution in [3.05, 3.63) is 237 Å². The molecule has 0 fully saturated rings. The molecule has 0 N–H and O–H groups in total. The topological polar surface area (TPSA) is 83.1 Å². The molecule has 10 heteroatoms. The molecule has 0 radical (unpaired) electrons. The molecule has 0 amide bonds. The number of hydrogen-bond donors (Lipinski definition) is 0. The van der Waals surface area contributed by atoms with Gasteiger partial charge in [-0.1, -0.05) is 127 Å². The number of rotatable bonds is 8. The lowest BCUT2D eigenvalue weighted by molar-refractivity contribution is 0.936. The predicted octanol–water partition coefficient (Wildman–Crippen LogP) is 14.0. The Morgan fingerprint density at radius 2 is 0.696 bits per heavy atom. The summed E-state index contributed by atoms with van der Waals surface area (Å²) in [4.78, 5) is 31.5. The van der Waals surface area contributed by atoms with Crippen molar-refractivity contribution in [2.75, 3.05) is 0 Å². The maximum absolute atomic E-state index is 5.44. The maximum Gasteiger partial charge on any atom is 0.241 e. The summed E-state index contributed by atoms with van der Waals surface area (Å²) in [6.45, 7) is 0. The van der Waals surface area contributed by atoms with Crippen LogP contribution in [0, 0.1) is 0 Å². The molecule has 0 spiro atoms. The van der Waals surface area contributed by atoms with Gasteiger partial charge in [0.25, 0.3) is 0 Å². The second kappa shape index (κ2) is 15.5. The molecule has 0 atom stereocenters. The van der Waals surface area contributed by atoms with Gasteiger partial charge in [0.2, 0.25) is 17.5 Å². The van der Waals surface area contributed by atoms with Crippen LogP contribution in [0.2, 0.25) is 0 Å². The molecule has 0 aliphatic heterocycles. The van der Waals surface area contributed by atoms with E-state index in [9.17, 15) is 0 Å². The third-order valence-corrected chi connectivity index (χ3v) is 17.0. The third kappa shape index (κ3) is 5.95. The van der Waals surface area contributed by atoms with Gasteiger partial charge in [-0.3, -0.25) is 13.4 Å². The smallest absolute Gasteiger partial charge is 0.241 e. The summed E-state index contributed by atoms with van der Waals surface area (Å²) in [6.07, 6.45) is 0. The molecule has 14 rings (SSSR count). The van der Waals surface area contributed by atoms with E-state index in [1.165, 1.54) is 14.7 Å². The van der Waals surface area contributed by atoms with Crippen LogP contribution in [0.5, 0.6) is 0 Å². The van der Waals surface area contributed by atoms with Crippen LogP contribution in [0.4, 0.5) is 0 Å². The van der Waals surface area contributed by atoms with Gasteiger partial charge in [-0.05, 0) is 109 Å². The minimum Gasteiger partial charge on any atom is -0.278 e. The van der Waals surface area contributed by atoms with Gasteiger partial charge in [-0.2, -0.15) is 9.97 Å². The molecule has 326 valence electrons. The highest BCUT2D eigenvalue weighted by Crippen LogP contribution is 2.73. The Labute approximate surface area is 397 Å². The van der Waals surface area contributed by atoms with E-state index in [0.717, 1.165) is 77.4 Å². The number of imidazole rings is 4. The summed E-state index contributed by atoms with van der Waals surface area (Å²) in [6, 6.07) is 83.3. The highest BCUT2D eigenvalue weighted by molar-refractivity contribution is 8.34. The van der Waals surface area contributed by atoms with Crippen molar-refractivity contribution in [1.82, 2.24) is 42.9 Å². The predicted molar refractivity (Wildman–Crippen MR) is 277 cm³/mol. The highest BCUT2D eigenvalue weighted by atomic mass is 32.3. The molecule has 9 aromatic carbocycles. The van der Waals surface area contributed by atoms with Gasteiger partial charge in [-0.15, -0.1) is 10.0 Å². The molecule has 0 bridgehead atoms. The van der Waals surface area contributed by atoms with Gasteiger partial charge in [0, 0.05) is 36.4 Å². The van der Waals surface area contributed by atoms with Crippen molar-refractivity contribution in [3.63, 3.8) is 0 Å². The lowest BCUT2D eigenvalue weighted by Crippen LogP contribution is -2.08. The van der Waals surface area contributed by atoms with Crippen LogP contribution in [-0.4, -0.2) is 42.9 Å². The van der Waals surface area contributed by atoms with E-state index in [4.69, 9.17) is 24.9 Å². The zero-order valence-electron chi connectivity index (χ0n) is 36.9. The molecule has 0 saturated carbocycles. The van der Waals surface area contributed by atoms with E-state index in [0.29, 0.717) is 17.6 Å². The molecular formula is C59H39N9S. The lowest BCUT2D eigenvalue weighted by atomic mass is 10.1. The quantitative estimate of drug-likeness (QED) is 0.152. The number of fused-ring (bicyclic) bond motifs is 10. The molecular weight excluding hydrogens is 867 g/mol. The zero-order valence-corrected chi connectivity index (χ0v) is 37.8. The highest BCUT2D eigenvalue weighted by Gasteiger charge is 2.34. The Hall–Kier alpha value is -9.12. The summed E-state index contributed by atoms with van der Waals surface area (Å²) in [5.74, 6) is 3.09. The number of hydrogen-bond acceptors (Lipinski definition) is 5. The largest absolute Gasteiger partial charge is 0.278 e. The van der Waals surface area contributed by atoms with Crippen LogP contribution in [0.15, 0.2) is 256 Å². The number of para-hydroxylation sites is 8. The van der Waals surface area contributed by atoms with Gasteiger partial charge in [0.05, 0.1) is 44.1 Å². The molecule has 14 aromatic rings. The summed E-state index contributed by atoms with van der Waals surface area (Å²) in [5, 5.41) is 0. The molecule has 5 heterocycles. The fourth-order valence-corrected chi connectivity index (χ4v) is 14.1. The first kappa shape index (κ1) is 39.1. The summed E-state index contributed by atoms with van der Waals surface area (Å²) >= 11 is 0. The van der Waals surface area contributed by atoms with E-state index in [2.05, 4.69) is 236 Å². The second-order valence-corrected chi connectivity index (χ2v) is 20.1. The Balaban J connectivity index is 1.03. The Bertz CT molecular complexity index is 4170. The van der Waals surface area contributed by atoms with E-state index < -0.39 is 10.0 Å². The number of aromatic nitrogens is 9. The maximum atomic E-state index is 5.44. The zero-order chi connectivity index (χ0) is 45.5. The SMILES string of the molecule is c1ccc(S(c2ccccc2)(c2ccccc2)c2cccc(-c3nc(-c4cccc(-n5c6ccccc6n6c7ccccc7nc56)c4)nc(-n4c5ccccc5n5c6ccccc6nc45)n3)c2)cc1. The van der Waals surface area contributed by atoms with Crippen LogP contribution in [0.25, 0.3) is 90.1 Å². The first-order chi connectivity index (χ1) is 34.2. The van der Waals surface area contributed by atoms with Gasteiger partial charge in [0.15, 0.2) is 11.6 Å². The third-order valence-electron chi connectivity index (χ3n) is 13.1. The van der Waals surface area contributed by atoms with Crippen LogP contribution in [-0.2, 0) is 0 Å². The second-order valence-electron chi connectivity index (χ2n) is 17.0. The standard InChI is InChI=1S/C59H39N9S/c1-4-23-43(24-5-1)69(44-25-6-2-7-26-44,45-27-8-3-9-28-45)46-29-19-21-41(39-46)56-62-55(63-57(64-56)68-54-37-17-16-36-53(54)67-50-33-13-11-31-48(50)61-59(67)68)40-20-18-22-42(38-40)65-51-34-14-15-35-52(51)66-49-32-12-10-30-47(49)60-58(65)66/h1-39H. The van der Waals surface area contributed by atoms with Crippen LogP contribution < -0.4 is 0 Å². The van der Waals surface area contributed by atoms with Crippen LogP contribution >= 0.6 is 10.0 Å². The van der Waals surface area contributed by atoms with Crippen molar-refractivity contribution >= 4 is 65.7 Å². The van der Waals surface area contributed by atoms with Gasteiger partial charge < -0.3 is 0 Å². The number of benzene rings is 9. The molecule has 9 nitrogen and oxygen atoms in total. The van der Waals surface area contributed by atoms with Crippen molar-refractivity contribution in [1.29, 1.82) is 0 Å². The van der Waals surface area contributed by atoms with E-state index in [1.807, 2.05) is 18.2 Å². The minimum atomic E-state index is -2.01. The number of nitrogens with zero attached hydrogens (tertiary/aromatic N) is 9. The Morgan fingerprint density at radius 3 is 1.23 bits per heavy atom. The van der Waals surface area contributed by atoms with Crippen molar-refractivity contribution in [2.24, 2.45) is 0 Å². The normalized spacial score (nSPS) is 12.3. The Morgan fingerprint density at radius 1 is 0.290 bits per heavy atom. The van der Waals surface area contributed by atoms with Gasteiger partial charge in [0.1, 0.15) is 0 Å². The monoisotopic (exact) mass is 905 g/mol. The molecule has 69 heavy (non-hydrogen) atoms. The summed E-state index contributed by atoms with van der Waals surface area (Å²) in [7, 11) is -2.01. The van der Waals surface area contributed by atoms with E-state index in [1.54, 1.807) is 0 Å². The van der Waals surface area contributed by atoms with Crippen molar-refractivity contribution in [3.8, 4) is 34.4 Å². The molecule has 0 aliphatic carbocycles.